The Labute approximate surface area is 124 Å². The maximum atomic E-state index is 13.6. The third-order valence-electron chi connectivity index (χ3n) is 3.88. The van der Waals surface area contributed by atoms with Crippen molar-refractivity contribution in [3.8, 4) is 0 Å². The van der Waals surface area contributed by atoms with Gasteiger partial charge >= 0.3 is 0 Å². The summed E-state index contributed by atoms with van der Waals surface area (Å²) in [6.07, 6.45) is 2.81. The van der Waals surface area contributed by atoms with E-state index in [1.54, 1.807) is 25.2 Å². The fourth-order valence-electron chi connectivity index (χ4n) is 2.63. The van der Waals surface area contributed by atoms with Gasteiger partial charge in [0, 0.05) is 31.6 Å². The van der Waals surface area contributed by atoms with E-state index in [2.05, 4.69) is 0 Å². The minimum Gasteiger partial charge on any atom is -0.340 e. The van der Waals surface area contributed by atoms with E-state index in [-0.39, 0.29) is 30.7 Å². The van der Waals surface area contributed by atoms with Gasteiger partial charge in [-0.05, 0) is 25.5 Å². The topological polar surface area (TPSA) is 40.6 Å². The highest BCUT2D eigenvalue weighted by Gasteiger charge is 2.22. The molecule has 1 heterocycles. The summed E-state index contributed by atoms with van der Waals surface area (Å²) in [5.74, 6) is -0.315. The highest BCUT2D eigenvalue weighted by Crippen LogP contribution is 2.15. The fraction of sp³-hybridized carbons (Fsp3) is 0.500. The minimum absolute atomic E-state index is 0.0309. The molecular formula is C16H21FN2O2. The molecule has 1 amide bonds. The van der Waals surface area contributed by atoms with Crippen molar-refractivity contribution in [3.63, 3.8) is 0 Å². The number of piperidine rings is 1. The molecule has 114 valence electrons. The van der Waals surface area contributed by atoms with Gasteiger partial charge in [-0.1, -0.05) is 18.2 Å². The molecular weight excluding hydrogens is 271 g/mol. The SMILES string of the molecule is CN(Cc1ccccc1F)C(=O)CN1CCCC(C=O)C1. The quantitative estimate of drug-likeness (QED) is 0.776. The highest BCUT2D eigenvalue weighted by atomic mass is 19.1. The average Bonchev–Trinajstić information content (AvgIpc) is 2.49. The van der Waals surface area contributed by atoms with Crippen molar-refractivity contribution in [3.05, 3.63) is 35.6 Å². The molecule has 1 aliphatic heterocycles. The summed E-state index contributed by atoms with van der Waals surface area (Å²) in [6.45, 7) is 2.03. The molecule has 1 aromatic carbocycles. The van der Waals surface area contributed by atoms with Crippen molar-refractivity contribution in [1.82, 2.24) is 9.80 Å². The smallest absolute Gasteiger partial charge is 0.236 e. The van der Waals surface area contributed by atoms with Crippen molar-refractivity contribution >= 4 is 12.2 Å². The molecule has 0 aromatic heterocycles. The predicted octanol–water partition coefficient (Wildman–Crippen LogP) is 1.70. The first-order chi connectivity index (χ1) is 10.1. The Hall–Kier alpha value is -1.75. The van der Waals surface area contributed by atoms with Crippen LogP contribution in [0.15, 0.2) is 24.3 Å². The molecule has 1 fully saturated rings. The monoisotopic (exact) mass is 292 g/mol. The number of rotatable bonds is 5. The number of benzene rings is 1. The zero-order valence-electron chi connectivity index (χ0n) is 12.3. The largest absolute Gasteiger partial charge is 0.340 e. The molecule has 0 spiro atoms. The van der Waals surface area contributed by atoms with Gasteiger partial charge in [-0.25, -0.2) is 4.39 Å². The van der Waals surface area contributed by atoms with Crippen LogP contribution in [0.25, 0.3) is 0 Å². The first kappa shape index (κ1) is 15.6. The summed E-state index contributed by atoms with van der Waals surface area (Å²) in [7, 11) is 1.68. The summed E-state index contributed by atoms with van der Waals surface area (Å²) in [6, 6.07) is 6.47. The van der Waals surface area contributed by atoms with Crippen molar-refractivity contribution in [1.29, 1.82) is 0 Å². The van der Waals surface area contributed by atoms with Crippen molar-refractivity contribution in [2.24, 2.45) is 5.92 Å². The Morgan fingerprint density at radius 1 is 1.48 bits per heavy atom. The summed E-state index contributed by atoms with van der Waals surface area (Å²) in [5.41, 5.74) is 0.512. The van der Waals surface area contributed by atoms with Gasteiger partial charge in [-0.15, -0.1) is 0 Å². The van der Waals surface area contributed by atoms with Crippen LogP contribution < -0.4 is 0 Å². The molecule has 2 rings (SSSR count). The van der Waals surface area contributed by atoms with Crippen LogP contribution in [0, 0.1) is 11.7 Å². The Kier molecular flexibility index (Phi) is 5.44. The molecule has 0 saturated carbocycles. The van der Waals surface area contributed by atoms with Gasteiger partial charge in [-0.3, -0.25) is 9.69 Å². The number of likely N-dealkylation sites (N-methyl/N-ethyl adjacent to an activating group) is 1. The van der Waals surface area contributed by atoms with Gasteiger partial charge in [0.1, 0.15) is 12.1 Å². The van der Waals surface area contributed by atoms with Crippen molar-refractivity contribution in [2.75, 3.05) is 26.7 Å². The molecule has 1 saturated heterocycles. The Balaban J connectivity index is 1.88. The van der Waals surface area contributed by atoms with Crippen molar-refractivity contribution < 1.29 is 14.0 Å². The number of carbonyl (C=O) groups excluding carboxylic acids is 2. The Morgan fingerprint density at radius 3 is 2.95 bits per heavy atom. The van der Waals surface area contributed by atoms with Gasteiger partial charge in [0.05, 0.1) is 6.54 Å². The molecule has 1 atom stereocenters. The summed E-state index contributed by atoms with van der Waals surface area (Å²) in [4.78, 5) is 26.6. The first-order valence-corrected chi connectivity index (χ1v) is 7.25. The number of nitrogens with zero attached hydrogens (tertiary/aromatic N) is 2. The number of hydrogen-bond acceptors (Lipinski definition) is 3. The van der Waals surface area contributed by atoms with Crippen LogP contribution in [0.3, 0.4) is 0 Å². The van der Waals surface area contributed by atoms with Crippen LogP contribution in [-0.4, -0.2) is 48.7 Å². The second-order valence-corrected chi connectivity index (χ2v) is 5.61. The average molecular weight is 292 g/mol. The van der Waals surface area contributed by atoms with E-state index in [0.717, 1.165) is 25.7 Å². The van der Waals surface area contributed by atoms with E-state index < -0.39 is 0 Å². The zero-order chi connectivity index (χ0) is 15.2. The lowest BCUT2D eigenvalue weighted by atomic mass is 10.00. The normalized spacial score (nSPS) is 19.2. The number of halogens is 1. The maximum Gasteiger partial charge on any atom is 0.236 e. The molecule has 0 bridgehead atoms. The number of likely N-dealkylation sites (tertiary alicyclic amines) is 1. The van der Waals surface area contributed by atoms with Crippen LogP contribution in [0.5, 0.6) is 0 Å². The summed E-state index contributed by atoms with van der Waals surface area (Å²) in [5, 5.41) is 0. The molecule has 21 heavy (non-hydrogen) atoms. The van der Waals surface area contributed by atoms with Gasteiger partial charge in [0.25, 0.3) is 0 Å². The fourth-order valence-corrected chi connectivity index (χ4v) is 2.63. The van der Waals surface area contributed by atoms with E-state index in [1.807, 2.05) is 4.90 Å². The number of carbonyl (C=O) groups is 2. The lowest BCUT2D eigenvalue weighted by molar-refractivity contribution is -0.132. The number of aldehydes is 1. The molecule has 0 radical (unpaired) electrons. The summed E-state index contributed by atoms with van der Waals surface area (Å²) >= 11 is 0. The van der Waals surface area contributed by atoms with E-state index in [0.29, 0.717) is 12.1 Å². The predicted molar refractivity (Wildman–Crippen MR) is 78.1 cm³/mol. The number of hydrogen-bond donors (Lipinski definition) is 0. The van der Waals surface area contributed by atoms with E-state index >= 15 is 0 Å². The van der Waals surface area contributed by atoms with E-state index in [4.69, 9.17) is 0 Å². The Bertz CT molecular complexity index is 507. The molecule has 4 nitrogen and oxygen atoms in total. The number of amides is 1. The summed E-state index contributed by atoms with van der Waals surface area (Å²) < 4.78 is 13.6. The lowest BCUT2D eigenvalue weighted by Crippen LogP contribution is -2.43. The minimum atomic E-state index is -0.295. The van der Waals surface area contributed by atoms with Crippen LogP contribution in [0.1, 0.15) is 18.4 Å². The molecule has 0 N–H and O–H groups in total. The van der Waals surface area contributed by atoms with Crippen LogP contribution >= 0.6 is 0 Å². The van der Waals surface area contributed by atoms with Gasteiger partial charge in [0.2, 0.25) is 5.91 Å². The third-order valence-corrected chi connectivity index (χ3v) is 3.88. The second-order valence-electron chi connectivity index (χ2n) is 5.61. The van der Waals surface area contributed by atoms with Crippen LogP contribution in [0.2, 0.25) is 0 Å². The van der Waals surface area contributed by atoms with Gasteiger partial charge < -0.3 is 9.69 Å². The highest BCUT2D eigenvalue weighted by molar-refractivity contribution is 5.78. The Morgan fingerprint density at radius 2 is 2.24 bits per heavy atom. The third kappa shape index (κ3) is 4.36. The maximum absolute atomic E-state index is 13.6. The molecule has 1 aliphatic rings. The molecule has 1 aromatic rings. The standard InChI is InChI=1S/C16H21FN2O2/c1-18(10-14-6-2-3-7-15(14)17)16(21)11-19-8-4-5-13(9-19)12-20/h2-3,6-7,12-13H,4-5,8-11H2,1H3. The van der Waals surface area contributed by atoms with E-state index in [1.165, 1.54) is 11.0 Å². The van der Waals surface area contributed by atoms with Gasteiger partial charge in [-0.2, -0.15) is 0 Å². The molecule has 1 unspecified atom stereocenters. The van der Waals surface area contributed by atoms with Crippen LogP contribution in [-0.2, 0) is 16.1 Å². The van der Waals surface area contributed by atoms with Gasteiger partial charge in [0.15, 0.2) is 0 Å². The molecule has 0 aliphatic carbocycles. The second kappa shape index (κ2) is 7.31. The zero-order valence-corrected chi connectivity index (χ0v) is 12.3. The first-order valence-electron chi connectivity index (χ1n) is 7.25. The van der Waals surface area contributed by atoms with Crippen molar-refractivity contribution in [2.45, 2.75) is 19.4 Å². The van der Waals surface area contributed by atoms with Crippen LogP contribution in [0.4, 0.5) is 4.39 Å². The van der Waals surface area contributed by atoms with E-state index in [9.17, 15) is 14.0 Å². The lowest BCUT2D eigenvalue weighted by Gasteiger charge is -2.30. The molecule has 5 heteroatoms.